The first-order chi connectivity index (χ1) is 13.1. The average molecular weight is 368 g/mol. The van der Waals surface area contributed by atoms with Crippen LogP contribution in [0, 0.1) is 0 Å². The Bertz CT molecular complexity index is 829. The quantitative estimate of drug-likeness (QED) is 0.851. The Morgan fingerprint density at radius 2 is 1.74 bits per heavy atom. The van der Waals surface area contributed by atoms with E-state index in [0.717, 1.165) is 31.5 Å². The topological polar surface area (TPSA) is 67.9 Å². The van der Waals surface area contributed by atoms with E-state index < -0.39 is 0 Å². The first-order valence-corrected chi connectivity index (χ1v) is 9.01. The Hall–Kier alpha value is -3.02. The van der Waals surface area contributed by atoms with Gasteiger partial charge in [-0.3, -0.25) is 9.59 Å². The molecule has 142 valence electrons. The first-order valence-electron chi connectivity index (χ1n) is 9.01. The molecule has 6 nitrogen and oxygen atoms in total. The number of amides is 2. The molecule has 27 heavy (non-hydrogen) atoms. The van der Waals surface area contributed by atoms with Crippen molar-refractivity contribution in [1.29, 1.82) is 0 Å². The van der Waals surface area contributed by atoms with E-state index in [4.69, 9.17) is 9.47 Å². The van der Waals surface area contributed by atoms with Crippen molar-refractivity contribution >= 4 is 17.5 Å². The fourth-order valence-electron chi connectivity index (χ4n) is 3.21. The Kier molecular flexibility index (Phi) is 5.96. The van der Waals surface area contributed by atoms with E-state index in [1.54, 1.807) is 50.6 Å². The van der Waals surface area contributed by atoms with Gasteiger partial charge in [0.25, 0.3) is 5.91 Å². The molecule has 1 aliphatic heterocycles. The van der Waals surface area contributed by atoms with Crippen molar-refractivity contribution in [3.05, 3.63) is 53.6 Å². The largest absolute Gasteiger partial charge is 0.493 e. The zero-order chi connectivity index (χ0) is 19.2. The zero-order valence-corrected chi connectivity index (χ0v) is 15.7. The lowest BCUT2D eigenvalue weighted by Crippen LogP contribution is -2.27. The molecule has 0 atom stereocenters. The SMILES string of the molecule is COc1ccc(CC(=O)Nc2cccc(C(=O)N3CCCC3)c2)cc1OC. The molecule has 1 heterocycles. The maximum Gasteiger partial charge on any atom is 0.253 e. The predicted octanol–water partition coefficient (Wildman–Crippen LogP) is 3.12. The van der Waals surface area contributed by atoms with Crippen molar-refractivity contribution in [1.82, 2.24) is 4.90 Å². The van der Waals surface area contributed by atoms with Gasteiger partial charge < -0.3 is 19.7 Å². The summed E-state index contributed by atoms with van der Waals surface area (Å²) in [5.41, 5.74) is 2.03. The van der Waals surface area contributed by atoms with Crippen LogP contribution in [-0.2, 0) is 11.2 Å². The van der Waals surface area contributed by atoms with Crippen LogP contribution in [0.3, 0.4) is 0 Å². The van der Waals surface area contributed by atoms with Crippen molar-refractivity contribution in [3.63, 3.8) is 0 Å². The van der Waals surface area contributed by atoms with E-state index >= 15 is 0 Å². The first kappa shape index (κ1) is 18.8. The number of ether oxygens (including phenoxy) is 2. The van der Waals surface area contributed by atoms with Crippen LogP contribution in [0.5, 0.6) is 11.5 Å². The third-order valence-electron chi connectivity index (χ3n) is 4.60. The Morgan fingerprint density at radius 1 is 1.00 bits per heavy atom. The minimum Gasteiger partial charge on any atom is -0.493 e. The van der Waals surface area contributed by atoms with Crippen LogP contribution in [0.2, 0.25) is 0 Å². The minimum atomic E-state index is -0.159. The molecule has 6 heteroatoms. The van der Waals surface area contributed by atoms with Crippen LogP contribution in [0.25, 0.3) is 0 Å². The van der Waals surface area contributed by atoms with Gasteiger partial charge in [0.1, 0.15) is 0 Å². The fourth-order valence-corrected chi connectivity index (χ4v) is 3.21. The highest BCUT2D eigenvalue weighted by atomic mass is 16.5. The molecular weight excluding hydrogens is 344 g/mol. The summed E-state index contributed by atoms with van der Waals surface area (Å²) in [5.74, 6) is 1.06. The van der Waals surface area contributed by atoms with Crippen LogP contribution in [0.1, 0.15) is 28.8 Å². The summed E-state index contributed by atoms with van der Waals surface area (Å²) in [7, 11) is 3.13. The molecule has 0 radical (unpaired) electrons. The highest BCUT2D eigenvalue weighted by Gasteiger charge is 2.19. The van der Waals surface area contributed by atoms with Crippen molar-refractivity contribution in [2.24, 2.45) is 0 Å². The number of hydrogen-bond acceptors (Lipinski definition) is 4. The molecule has 1 aliphatic rings. The Balaban J connectivity index is 1.66. The third kappa shape index (κ3) is 4.58. The molecule has 2 aromatic rings. The Morgan fingerprint density at radius 3 is 2.44 bits per heavy atom. The van der Waals surface area contributed by atoms with E-state index in [-0.39, 0.29) is 18.2 Å². The Labute approximate surface area is 159 Å². The van der Waals surface area contributed by atoms with E-state index in [2.05, 4.69) is 5.32 Å². The number of methoxy groups -OCH3 is 2. The van der Waals surface area contributed by atoms with Gasteiger partial charge in [-0.15, -0.1) is 0 Å². The molecule has 2 aromatic carbocycles. The standard InChI is InChI=1S/C21H24N2O4/c1-26-18-9-8-15(12-19(18)27-2)13-20(24)22-17-7-5-6-16(14-17)21(25)23-10-3-4-11-23/h5-9,12,14H,3-4,10-11,13H2,1-2H3,(H,22,24). The van der Waals surface area contributed by atoms with Gasteiger partial charge in [-0.2, -0.15) is 0 Å². The monoisotopic (exact) mass is 368 g/mol. The molecule has 3 rings (SSSR count). The average Bonchev–Trinajstić information content (AvgIpc) is 3.22. The third-order valence-corrected chi connectivity index (χ3v) is 4.60. The van der Waals surface area contributed by atoms with E-state index in [9.17, 15) is 9.59 Å². The predicted molar refractivity (Wildman–Crippen MR) is 103 cm³/mol. The summed E-state index contributed by atoms with van der Waals surface area (Å²) in [4.78, 5) is 26.7. The second kappa shape index (κ2) is 8.58. The maximum atomic E-state index is 12.5. The number of nitrogens with zero attached hydrogens (tertiary/aromatic N) is 1. The number of likely N-dealkylation sites (tertiary alicyclic amines) is 1. The summed E-state index contributed by atoms with van der Waals surface area (Å²) >= 11 is 0. The van der Waals surface area contributed by atoms with Crippen molar-refractivity contribution in [2.45, 2.75) is 19.3 Å². The van der Waals surface area contributed by atoms with E-state index in [0.29, 0.717) is 22.7 Å². The molecule has 1 N–H and O–H groups in total. The highest BCUT2D eigenvalue weighted by Crippen LogP contribution is 2.27. The van der Waals surface area contributed by atoms with Crippen LogP contribution in [0.15, 0.2) is 42.5 Å². The highest BCUT2D eigenvalue weighted by molar-refractivity contribution is 5.97. The lowest BCUT2D eigenvalue weighted by molar-refractivity contribution is -0.115. The summed E-state index contributed by atoms with van der Waals surface area (Å²) in [6, 6.07) is 12.5. The van der Waals surface area contributed by atoms with Gasteiger partial charge in [0.2, 0.25) is 5.91 Å². The number of rotatable bonds is 6. The van der Waals surface area contributed by atoms with Crippen LogP contribution >= 0.6 is 0 Å². The summed E-state index contributed by atoms with van der Waals surface area (Å²) < 4.78 is 10.5. The van der Waals surface area contributed by atoms with Crippen molar-refractivity contribution in [2.75, 3.05) is 32.6 Å². The van der Waals surface area contributed by atoms with E-state index in [1.165, 1.54) is 0 Å². The zero-order valence-electron chi connectivity index (χ0n) is 15.7. The van der Waals surface area contributed by atoms with Crippen molar-refractivity contribution in [3.8, 4) is 11.5 Å². The molecule has 0 unspecified atom stereocenters. The van der Waals surface area contributed by atoms with Crippen molar-refractivity contribution < 1.29 is 19.1 Å². The van der Waals surface area contributed by atoms with Crippen LogP contribution in [0.4, 0.5) is 5.69 Å². The smallest absolute Gasteiger partial charge is 0.253 e. The molecule has 0 aromatic heterocycles. The normalized spacial score (nSPS) is 13.3. The van der Waals surface area contributed by atoms with Gasteiger partial charge in [0, 0.05) is 24.3 Å². The fraction of sp³-hybridized carbons (Fsp3) is 0.333. The summed E-state index contributed by atoms with van der Waals surface area (Å²) in [6.07, 6.45) is 2.30. The van der Waals surface area contributed by atoms with Crippen LogP contribution in [-0.4, -0.2) is 44.0 Å². The van der Waals surface area contributed by atoms with Gasteiger partial charge in [0.05, 0.1) is 20.6 Å². The molecule has 1 saturated heterocycles. The lowest BCUT2D eigenvalue weighted by atomic mass is 10.1. The van der Waals surface area contributed by atoms with E-state index in [1.807, 2.05) is 11.0 Å². The molecule has 1 fully saturated rings. The molecule has 2 amide bonds. The number of carbonyl (C=O) groups is 2. The molecule has 0 saturated carbocycles. The second-order valence-electron chi connectivity index (χ2n) is 6.49. The molecule has 0 bridgehead atoms. The summed E-state index contributed by atoms with van der Waals surface area (Å²) in [5, 5.41) is 2.86. The minimum absolute atomic E-state index is 0.0171. The van der Waals surface area contributed by atoms with Crippen LogP contribution < -0.4 is 14.8 Å². The van der Waals surface area contributed by atoms with Gasteiger partial charge in [-0.05, 0) is 48.7 Å². The maximum absolute atomic E-state index is 12.5. The number of benzene rings is 2. The van der Waals surface area contributed by atoms with Gasteiger partial charge >= 0.3 is 0 Å². The summed E-state index contributed by atoms with van der Waals surface area (Å²) in [6.45, 7) is 1.60. The number of hydrogen-bond donors (Lipinski definition) is 1. The molecular formula is C21H24N2O4. The van der Waals surface area contributed by atoms with Gasteiger partial charge in [-0.1, -0.05) is 12.1 Å². The van der Waals surface area contributed by atoms with Gasteiger partial charge in [-0.25, -0.2) is 0 Å². The molecule has 0 spiro atoms. The van der Waals surface area contributed by atoms with Gasteiger partial charge in [0.15, 0.2) is 11.5 Å². The number of carbonyl (C=O) groups excluding carboxylic acids is 2. The second-order valence-corrected chi connectivity index (χ2v) is 6.49. The number of anilines is 1. The molecule has 0 aliphatic carbocycles. The number of nitrogens with one attached hydrogen (secondary N) is 1. The lowest BCUT2D eigenvalue weighted by Gasteiger charge is -2.16.